The zero-order valence-corrected chi connectivity index (χ0v) is 8.11. The number of rotatable bonds is 2. The Hall–Kier alpha value is -1.84. The Morgan fingerprint density at radius 3 is 2.71 bits per heavy atom. The van der Waals surface area contributed by atoms with Crippen LogP contribution in [0.3, 0.4) is 0 Å². The van der Waals surface area contributed by atoms with E-state index in [0.717, 1.165) is 5.56 Å². The van der Waals surface area contributed by atoms with E-state index in [2.05, 4.69) is 10.5 Å². The number of oxime groups is 1. The average Bonchev–Trinajstić information content (AvgIpc) is 2.16. The van der Waals surface area contributed by atoms with E-state index < -0.39 is 0 Å². The highest BCUT2D eigenvalue weighted by Crippen LogP contribution is 2.11. The number of amides is 1. The Kier molecular flexibility index (Phi) is 3.23. The molecule has 1 aromatic carbocycles. The quantitative estimate of drug-likeness (QED) is 0.426. The predicted molar refractivity (Wildman–Crippen MR) is 54.7 cm³/mol. The number of carbonyl (C=O) groups is 1. The van der Waals surface area contributed by atoms with Gasteiger partial charge in [0.25, 0.3) is 0 Å². The second-order valence-corrected chi connectivity index (χ2v) is 2.95. The molecule has 0 spiro atoms. The summed E-state index contributed by atoms with van der Waals surface area (Å²) >= 11 is 0. The van der Waals surface area contributed by atoms with Gasteiger partial charge in [-0.2, -0.15) is 0 Å². The molecule has 0 radical (unpaired) electrons. The molecule has 4 heteroatoms. The van der Waals surface area contributed by atoms with E-state index in [9.17, 15) is 4.79 Å². The third kappa shape index (κ3) is 2.58. The molecule has 74 valence electrons. The molecule has 0 aliphatic rings. The Labute approximate surface area is 82.2 Å². The molecular formula is C10H12N2O2. The topological polar surface area (TPSA) is 61.7 Å². The van der Waals surface area contributed by atoms with E-state index in [-0.39, 0.29) is 5.91 Å². The van der Waals surface area contributed by atoms with E-state index in [4.69, 9.17) is 5.21 Å². The number of nitrogens with one attached hydrogen (secondary N) is 1. The summed E-state index contributed by atoms with van der Waals surface area (Å²) in [4.78, 5) is 10.8. The highest BCUT2D eigenvalue weighted by molar-refractivity contribution is 5.99. The predicted octanol–water partition coefficient (Wildman–Crippen LogP) is 1.84. The molecule has 1 aromatic rings. The minimum atomic E-state index is -0.124. The van der Waals surface area contributed by atoms with Crippen molar-refractivity contribution in [3.8, 4) is 0 Å². The van der Waals surface area contributed by atoms with Gasteiger partial charge in [0, 0.05) is 18.2 Å². The lowest BCUT2D eigenvalue weighted by Crippen LogP contribution is -2.06. The summed E-state index contributed by atoms with van der Waals surface area (Å²) < 4.78 is 0. The van der Waals surface area contributed by atoms with Crippen LogP contribution in [0.15, 0.2) is 29.4 Å². The smallest absolute Gasteiger partial charge is 0.221 e. The van der Waals surface area contributed by atoms with Crippen molar-refractivity contribution in [3.05, 3.63) is 29.8 Å². The lowest BCUT2D eigenvalue weighted by atomic mass is 10.1. The van der Waals surface area contributed by atoms with Crippen LogP contribution in [0, 0.1) is 0 Å². The second-order valence-electron chi connectivity index (χ2n) is 2.95. The summed E-state index contributed by atoms with van der Waals surface area (Å²) in [6.45, 7) is 3.13. The van der Waals surface area contributed by atoms with Crippen LogP contribution in [0.2, 0.25) is 0 Å². The standard InChI is InChI=1S/C10H12N2O2/c1-7(12-14)9-4-3-5-10(6-9)11-8(2)13/h3-6,14H,1-2H3,(H,11,13)/b12-7-. The Bertz CT molecular complexity index is 372. The minimum absolute atomic E-state index is 0.124. The molecule has 14 heavy (non-hydrogen) atoms. The van der Waals surface area contributed by atoms with Gasteiger partial charge in [-0.1, -0.05) is 17.3 Å². The molecule has 0 heterocycles. The van der Waals surface area contributed by atoms with Gasteiger partial charge in [0.2, 0.25) is 5.91 Å². The molecule has 0 fully saturated rings. The maximum absolute atomic E-state index is 10.8. The number of carbonyl (C=O) groups excluding carboxylic acids is 1. The van der Waals surface area contributed by atoms with E-state index in [1.807, 2.05) is 0 Å². The zero-order valence-electron chi connectivity index (χ0n) is 8.11. The van der Waals surface area contributed by atoms with Gasteiger partial charge >= 0.3 is 0 Å². The van der Waals surface area contributed by atoms with Crippen molar-refractivity contribution >= 4 is 17.3 Å². The maximum atomic E-state index is 10.8. The number of nitrogens with zero attached hydrogens (tertiary/aromatic N) is 1. The molecule has 0 aliphatic carbocycles. The van der Waals surface area contributed by atoms with Crippen LogP contribution in [-0.4, -0.2) is 16.8 Å². The Balaban J connectivity index is 2.95. The van der Waals surface area contributed by atoms with Gasteiger partial charge < -0.3 is 10.5 Å². The fourth-order valence-electron chi connectivity index (χ4n) is 1.08. The molecule has 0 aliphatic heterocycles. The summed E-state index contributed by atoms with van der Waals surface area (Å²) in [5.74, 6) is -0.124. The van der Waals surface area contributed by atoms with Gasteiger partial charge in [-0.25, -0.2) is 0 Å². The molecule has 1 rings (SSSR count). The first kappa shape index (κ1) is 10.2. The van der Waals surface area contributed by atoms with Crippen LogP contribution in [0.25, 0.3) is 0 Å². The fourth-order valence-corrected chi connectivity index (χ4v) is 1.08. The molecule has 4 nitrogen and oxygen atoms in total. The highest BCUT2D eigenvalue weighted by Gasteiger charge is 2.00. The van der Waals surface area contributed by atoms with Gasteiger partial charge in [-0.3, -0.25) is 4.79 Å². The normalized spacial score (nSPS) is 11.1. The SMILES string of the molecule is CC(=O)Nc1cccc(/C(C)=N\O)c1. The van der Waals surface area contributed by atoms with E-state index >= 15 is 0 Å². The summed E-state index contributed by atoms with van der Waals surface area (Å²) in [6.07, 6.45) is 0. The summed E-state index contributed by atoms with van der Waals surface area (Å²) in [7, 11) is 0. The molecule has 1 amide bonds. The van der Waals surface area contributed by atoms with Crippen LogP contribution in [0.5, 0.6) is 0 Å². The number of hydrogen-bond acceptors (Lipinski definition) is 3. The largest absolute Gasteiger partial charge is 0.411 e. The lowest BCUT2D eigenvalue weighted by Gasteiger charge is -2.04. The van der Waals surface area contributed by atoms with Crippen LogP contribution in [0.1, 0.15) is 19.4 Å². The van der Waals surface area contributed by atoms with Crippen LogP contribution >= 0.6 is 0 Å². The molecular weight excluding hydrogens is 180 g/mol. The van der Waals surface area contributed by atoms with E-state index in [1.54, 1.807) is 31.2 Å². The highest BCUT2D eigenvalue weighted by atomic mass is 16.4. The third-order valence-corrected chi connectivity index (χ3v) is 1.75. The van der Waals surface area contributed by atoms with Crippen molar-refractivity contribution in [1.29, 1.82) is 0 Å². The minimum Gasteiger partial charge on any atom is -0.411 e. The molecule has 0 bridgehead atoms. The summed E-state index contributed by atoms with van der Waals surface area (Å²) in [5, 5.41) is 14.3. The number of hydrogen-bond donors (Lipinski definition) is 2. The first-order valence-electron chi connectivity index (χ1n) is 4.20. The average molecular weight is 192 g/mol. The van der Waals surface area contributed by atoms with Crippen molar-refractivity contribution < 1.29 is 10.0 Å². The third-order valence-electron chi connectivity index (χ3n) is 1.75. The molecule has 0 saturated carbocycles. The van der Waals surface area contributed by atoms with Gasteiger partial charge in [0.15, 0.2) is 0 Å². The van der Waals surface area contributed by atoms with Gasteiger partial charge in [-0.15, -0.1) is 0 Å². The maximum Gasteiger partial charge on any atom is 0.221 e. The fraction of sp³-hybridized carbons (Fsp3) is 0.200. The molecule has 0 unspecified atom stereocenters. The van der Waals surface area contributed by atoms with Crippen molar-refractivity contribution in [3.63, 3.8) is 0 Å². The first-order valence-corrected chi connectivity index (χ1v) is 4.20. The molecule has 2 N–H and O–H groups in total. The van der Waals surface area contributed by atoms with Gasteiger partial charge in [0.05, 0.1) is 5.71 Å². The Morgan fingerprint density at radius 1 is 1.43 bits per heavy atom. The number of benzene rings is 1. The zero-order chi connectivity index (χ0) is 10.6. The van der Waals surface area contributed by atoms with Crippen LogP contribution < -0.4 is 5.32 Å². The first-order chi connectivity index (χ1) is 6.63. The summed E-state index contributed by atoms with van der Waals surface area (Å²) in [6, 6.07) is 7.11. The lowest BCUT2D eigenvalue weighted by molar-refractivity contribution is -0.114. The van der Waals surface area contributed by atoms with Crippen molar-refractivity contribution in [2.24, 2.45) is 5.16 Å². The van der Waals surface area contributed by atoms with E-state index in [0.29, 0.717) is 11.4 Å². The summed E-state index contributed by atoms with van der Waals surface area (Å²) in [5.41, 5.74) is 1.98. The van der Waals surface area contributed by atoms with Gasteiger partial charge in [0.1, 0.15) is 0 Å². The van der Waals surface area contributed by atoms with Crippen molar-refractivity contribution in [1.82, 2.24) is 0 Å². The van der Waals surface area contributed by atoms with E-state index in [1.165, 1.54) is 6.92 Å². The van der Waals surface area contributed by atoms with Gasteiger partial charge in [-0.05, 0) is 19.1 Å². The van der Waals surface area contributed by atoms with Crippen molar-refractivity contribution in [2.45, 2.75) is 13.8 Å². The Morgan fingerprint density at radius 2 is 2.14 bits per heavy atom. The van der Waals surface area contributed by atoms with Crippen LogP contribution in [-0.2, 0) is 4.79 Å². The second kappa shape index (κ2) is 4.41. The molecule has 0 atom stereocenters. The van der Waals surface area contributed by atoms with Crippen molar-refractivity contribution in [2.75, 3.05) is 5.32 Å². The number of anilines is 1. The monoisotopic (exact) mass is 192 g/mol. The van der Waals surface area contributed by atoms with Crippen LogP contribution in [0.4, 0.5) is 5.69 Å². The molecule has 0 saturated heterocycles. The molecule has 0 aromatic heterocycles.